The molecule has 2 aromatic heterocycles. The lowest BCUT2D eigenvalue weighted by molar-refractivity contribution is 0.0177. The summed E-state index contributed by atoms with van der Waals surface area (Å²) in [5.74, 6) is -2.36. The van der Waals surface area contributed by atoms with E-state index in [9.17, 15) is 17.6 Å². The van der Waals surface area contributed by atoms with Gasteiger partial charge in [-0.3, -0.25) is 14.4 Å². The smallest absolute Gasteiger partial charge is 0.271 e. The number of H-pyrrole nitrogens is 1. The molecule has 0 bridgehead atoms. The predicted octanol–water partition coefficient (Wildman–Crippen LogP) is 7.92. The molecule has 0 saturated carbocycles. The number of hydrogen-bond donors (Lipinski definition) is 1. The number of aromatic amines is 1. The number of nitrogens with one attached hydrogen (secondary N) is 1. The van der Waals surface area contributed by atoms with Crippen LogP contribution < -0.4 is 14.2 Å². The van der Waals surface area contributed by atoms with Gasteiger partial charge < -0.3 is 14.2 Å². The molecule has 0 amide bonds. The number of fused-ring (bicyclic) bond motifs is 3. The number of ether oxygens (including phenoxy) is 3. The van der Waals surface area contributed by atoms with Gasteiger partial charge in [0.2, 0.25) is 0 Å². The fourth-order valence-electron chi connectivity index (χ4n) is 5.08. The van der Waals surface area contributed by atoms with Crippen molar-refractivity contribution in [2.75, 3.05) is 33.4 Å². The van der Waals surface area contributed by atoms with Crippen molar-refractivity contribution < 1.29 is 31.8 Å². The molecule has 0 atom stereocenters. The molecular weight excluding hydrogens is 558 g/mol. The summed E-state index contributed by atoms with van der Waals surface area (Å²) in [7, 11) is 1.51. The molecule has 1 aliphatic heterocycles. The molecule has 3 heterocycles. The topological polar surface area (TPSA) is 59.6 Å². The summed E-state index contributed by atoms with van der Waals surface area (Å²) in [6.45, 7) is 2.55. The molecule has 0 aliphatic carbocycles. The molecule has 41 heavy (non-hydrogen) atoms. The van der Waals surface area contributed by atoms with Crippen molar-refractivity contribution in [3.63, 3.8) is 0 Å². The fraction of sp³-hybridized carbons (Fsp3) is 0.300. The van der Waals surface area contributed by atoms with E-state index in [1.807, 2.05) is 12.1 Å². The van der Waals surface area contributed by atoms with Crippen molar-refractivity contribution in [3.05, 3.63) is 66.1 Å². The lowest BCUT2D eigenvalue weighted by Gasteiger charge is -2.38. The first-order valence-corrected chi connectivity index (χ1v) is 13.9. The highest BCUT2D eigenvalue weighted by Crippen LogP contribution is 2.51. The van der Waals surface area contributed by atoms with Gasteiger partial charge in [0, 0.05) is 59.2 Å². The van der Waals surface area contributed by atoms with Crippen LogP contribution in [0.4, 0.5) is 17.6 Å². The lowest BCUT2D eigenvalue weighted by atomic mass is 10.00. The zero-order valence-electron chi connectivity index (χ0n) is 22.3. The van der Waals surface area contributed by atoms with Gasteiger partial charge in [0.05, 0.1) is 30.4 Å². The number of hydrogen-bond acceptors (Lipinski definition) is 6. The van der Waals surface area contributed by atoms with Gasteiger partial charge in [0.1, 0.15) is 17.7 Å². The van der Waals surface area contributed by atoms with E-state index < -0.39 is 17.3 Å². The van der Waals surface area contributed by atoms with Crippen LogP contribution >= 0.6 is 11.3 Å². The number of benzene rings is 3. The van der Waals surface area contributed by atoms with Crippen LogP contribution in [0.15, 0.2) is 54.7 Å². The Morgan fingerprint density at radius 3 is 2.66 bits per heavy atom. The highest BCUT2D eigenvalue weighted by molar-refractivity contribution is 7.23. The number of aromatic nitrogens is 2. The molecule has 3 aromatic carbocycles. The monoisotopic (exact) mass is 585 g/mol. The van der Waals surface area contributed by atoms with Gasteiger partial charge in [-0.1, -0.05) is 6.07 Å². The Morgan fingerprint density at radius 1 is 1.07 bits per heavy atom. The van der Waals surface area contributed by atoms with E-state index in [0.717, 1.165) is 47.7 Å². The highest BCUT2D eigenvalue weighted by atomic mass is 32.1. The fourth-order valence-corrected chi connectivity index (χ4v) is 6.36. The van der Waals surface area contributed by atoms with Crippen molar-refractivity contribution in [1.82, 2.24) is 15.1 Å². The minimum atomic E-state index is -3.30. The highest BCUT2D eigenvalue weighted by Gasteiger charge is 2.32. The van der Waals surface area contributed by atoms with Crippen molar-refractivity contribution in [2.45, 2.75) is 25.4 Å². The zero-order chi connectivity index (χ0) is 28.7. The first-order valence-electron chi connectivity index (χ1n) is 13.1. The van der Waals surface area contributed by atoms with Crippen LogP contribution in [0.1, 0.15) is 18.9 Å². The third-order valence-corrected chi connectivity index (χ3v) is 8.36. The molecule has 6 rings (SSSR count). The standard InChI is InChI=1S/C30H27F4N3O3S/c1-30(33,34)23-12-17(32)4-6-20(23)29-27(21-7-8-24-22(14-35-36-24)28(21)41-29)40-25-9-5-18(13-26(25)38-2)39-19-15-37(16-19)11-3-10-31/h4-9,12-14,19H,3,10-11,15-16H2,1-2H3,(H,35,36). The second kappa shape index (κ2) is 10.9. The van der Waals surface area contributed by atoms with E-state index in [1.54, 1.807) is 24.4 Å². The van der Waals surface area contributed by atoms with E-state index in [2.05, 4.69) is 15.1 Å². The zero-order valence-corrected chi connectivity index (χ0v) is 23.2. The number of alkyl halides is 3. The molecule has 6 nitrogen and oxygen atoms in total. The Bertz CT molecular complexity index is 1710. The van der Waals surface area contributed by atoms with Gasteiger partial charge in [-0.2, -0.15) is 5.10 Å². The summed E-state index contributed by atoms with van der Waals surface area (Å²) < 4.78 is 74.9. The van der Waals surface area contributed by atoms with Crippen LogP contribution in [-0.2, 0) is 5.92 Å². The second-order valence-corrected chi connectivity index (χ2v) is 11.1. The molecule has 0 unspecified atom stereocenters. The van der Waals surface area contributed by atoms with Gasteiger partial charge in [-0.15, -0.1) is 11.3 Å². The van der Waals surface area contributed by atoms with Crippen molar-refractivity contribution in [2.24, 2.45) is 0 Å². The molecular formula is C30H27F4N3O3S. The molecule has 0 spiro atoms. The van der Waals surface area contributed by atoms with Gasteiger partial charge in [0.25, 0.3) is 5.92 Å². The minimum Gasteiger partial charge on any atom is -0.493 e. The summed E-state index contributed by atoms with van der Waals surface area (Å²) in [5, 5.41) is 8.56. The summed E-state index contributed by atoms with van der Waals surface area (Å²) in [6.07, 6.45) is 2.17. The maximum atomic E-state index is 14.7. The maximum Gasteiger partial charge on any atom is 0.271 e. The van der Waals surface area contributed by atoms with E-state index in [1.165, 1.54) is 24.5 Å². The summed E-state index contributed by atoms with van der Waals surface area (Å²) >= 11 is 1.27. The third-order valence-electron chi connectivity index (χ3n) is 7.11. The van der Waals surface area contributed by atoms with Crippen LogP contribution in [0.5, 0.6) is 23.0 Å². The van der Waals surface area contributed by atoms with Crippen molar-refractivity contribution >= 4 is 32.3 Å². The Balaban J connectivity index is 1.39. The average molecular weight is 586 g/mol. The number of halogens is 4. The van der Waals surface area contributed by atoms with Crippen LogP contribution in [0.25, 0.3) is 31.4 Å². The van der Waals surface area contributed by atoms with E-state index in [0.29, 0.717) is 46.2 Å². The van der Waals surface area contributed by atoms with E-state index in [-0.39, 0.29) is 18.3 Å². The quantitative estimate of drug-likeness (QED) is 0.169. The Hall–Kier alpha value is -3.83. The number of thiophene rings is 1. The van der Waals surface area contributed by atoms with Gasteiger partial charge >= 0.3 is 0 Å². The van der Waals surface area contributed by atoms with Gasteiger partial charge in [-0.25, -0.2) is 13.2 Å². The third kappa shape index (κ3) is 5.31. The normalized spacial score (nSPS) is 14.5. The van der Waals surface area contributed by atoms with Gasteiger partial charge in [0.15, 0.2) is 17.2 Å². The first kappa shape index (κ1) is 27.3. The summed E-state index contributed by atoms with van der Waals surface area (Å²) in [4.78, 5) is 2.55. The van der Waals surface area contributed by atoms with Crippen LogP contribution in [0.3, 0.4) is 0 Å². The first-order chi connectivity index (χ1) is 19.7. The predicted molar refractivity (Wildman–Crippen MR) is 151 cm³/mol. The SMILES string of the molecule is COc1cc(OC2CN(CCCF)C2)ccc1Oc1c(-c2ccc(F)cc2C(C)(F)F)sc2c1ccc1[nH]ncc12. The molecule has 1 saturated heterocycles. The van der Waals surface area contributed by atoms with Crippen LogP contribution in [0, 0.1) is 5.82 Å². The van der Waals surface area contributed by atoms with Crippen molar-refractivity contribution in [1.29, 1.82) is 0 Å². The van der Waals surface area contributed by atoms with Crippen molar-refractivity contribution in [3.8, 4) is 33.4 Å². The Kier molecular flexibility index (Phi) is 7.25. The number of rotatable bonds is 10. The molecule has 11 heteroatoms. The van der Waals surface area contributed by atoms with Gasteiger partial charge in [-0.05, 0) is 42.8 Å². The maximum absolute atomic E-state index is 14.7. The molecule has 1 aliphatic rings. The second-order valence-electron chi connectivity index (χ2n) is 10.1. The molecule has 1 N–H and O–H groups in total. The summed E-state index contributed by atoms with van der Waals surface area (Å²) in [5.41, 5.74) is 0.525. The average Bonchev–Trinajstić information content (AvgIpc) is 3.55. The number of methoxy groups -OCH3 is 1. The Morgan fingerprint density at radius 2 is 1.90 bits per heavy atom. The molecule has 0 radical (unpaired) electrons. The van der Waals surface area contributed by atoms with Crippen LogP contribution in [0.2, 0.25) is 0 Å². The Labute approximate surface area is 237 Å². The molecule has 5 aromatic rings. The number of nitrogens with zero attached hydrogens (tertiary/aromatic N) is 2. The van der Waals surface area contributed by atoms with E-state index in [4.69, 9.17) is 14.2 Å². The molecule has 214 valence electrons. The number of likely N-dealkylation sites (tertiary alicyclic amines) is 1. The molecule has 1 fully saturated rings. The van der Waals surface area contributed by atoms with Crippen LogP contribution in [-0.4, -0.2) is 54.6 Å². The summed E-state index contributed by atoms with van der Waals surface area (Å²) in [6, 6.07) is 12.2. The lowest BCUT2D eigenvalue weighted by Crippen LogP contribution is -2.53. The largest absolute Gasteiger partial charge is 0.493 e. The minimum absolute atomic E-state index is 0.0107. The van der Waals surface area contributed by atoms with E-state index >= 15 is 0 Å².